The van der Waals surface area contributed by atoms with E-state index in [1.807, 2.05) is 0 Å². The highest BCUT2D eigenvalue weighted by Crippen LogP contribution is 2.17. The molecule has 1 amide bonds. The van der Waals surface area contributed by atoms with Crippen molar-refractivity contribution < 1.29 is 18.3 Å². The summed E-state index contributed by atoms with van der Waals surface area (Å²) in [5, 5.41) is 14.4. The van der Waals surface area contributed by atoms with Gasteiger partial charge in [-0.25, -0.2) is 13.6 Å². The molecule has 0 aromatic carbocycles. The lowest BCUT2D eigenvalue weighted by molar-refractivity contribution is 0.0755. The number of hydrogen-bond donors (Lipinski definition) is 2. The van der Waals surface area contributed by atoms with Gasteiger partial charge in [0.1, 0.15) is 10.6 Å². The van der Waals surface area contributed by atoms with Crippen LogP contribution in [0.15, 0.2) is 17.2 Å². The monoisotopic (exact) mass is 273 g/mol. The fraction of sp³-hybridized carbons (Fsp3) is 0.500. The van der Waals surface area contributed by atoms with Gasteiger partial charge in [0.2, 0.25) is 10.0 Å². The molecule has 0 bridgehead atoms. The summed E-state index contributed by atoms with van der Waals surface area (Å²) in [6.07, 6.45) is 1.33. The first kappa shape index (κ1) is 13.1. The van der Waals surface area contributed by atoms with Crippen molar-refractivity contribution in [2.24, 2.45) is 12.2 Å². The van der Waals surface area contributed by atoms with E-state index in [2.05, 4.69) is 0 Å². The molecule has 1 saturated heterocycles. The van der Waals surface area contributed by atoms with Gasteiger partial charge in [0, 0.05) is 26.3 Å². The number of nitrogens with two attached hydrogens (primary N) is 1. The van der Waals surface area contributed by atoms with Crippen LogP contribution >= 0.6 is 0 Å². The Morgan fingerprint density at radius 1 is 1.56 bits per heavy atom. The fourth-order valence-corrected chi connectivity index (χ4v) is 2.57. The molecule has 3 N–H and O–H groups in total. The van der Waals surface area contributed by atoms with Crippen LogP contribution in [0.3, 0.4) is 0 Å². The Bertz CT molecular complexity index is 578. The molecule has 1 aliphatic rings. The average Bonchev–Trinajstić information content (AvgIpc) is 2.83. The second kappa shape index (κ2) is 4.38. The Hall–Kier alpha value is -1.38. The average molecular weight is 273 g/mol. The number of aliphatic hydroxyl groups excluding tert-OH is 1. The Morgan fingerprint density at radius 3 is 2.67 bits per heavy atom. The van der Waals surface area contributed by atoms with E-state index >= 15 is 0 Å². The SMILES string of the molecule is Cn1cc(S(N)(=O)=O)cc1C(=O)N1CC[C@@H](O)C1. The van der Waals surface area contributed by atoms with Gasteiger partial charge in [-0.2, -0.15) is 0 Å². The number of nitrogens with zero attached hydrogens (tertiary/aromatic N) is 2. The largest absolute Gasteiger partial charge is 0.391 e. The zero-order valence-corrected chi connectivity index (χ0v) is 10.7. The van der Waals surface area contributed by atoms with Crippen LogP contribution in [0.5, 0.6) is 0 Å². The maximum atomic E-state index is 12.1. The third-order valence-corrected chi connectivity index (χ3v) is 3.86. The first-order valence-corrected chi connectivity index (χ1v) is 7.00. The molecule has 0 aliphatic carbocycles. The number of aromatic nitrogens is 1. The zero-order chi connectivity index (χ0) is 13.5. The van der Waals surface area contributed by atoms with E-state index in [4.69, 9.17) is 5.14 Å². The topological polar surface area (TPSA) is 106 Å². The van der Waals surface area contributed by atoms with Crippen LogP contribution in [-0.4, -0.2) is 48.1 Å². The normalized spacial score (nSPS) is 20.4. The van der Waals surface area contributed by atoms with E-state index in [9.17, 15) is 18.3 Å². The second-order valence-corrected chi connectivity index (χ2v) is 5.97. The van der Waals surface area contributed by atoms with Crippen molar-refractivity contribution in [1.29, 1.82) is 0 Å². The molecule has 0 spiro atoms. The summed E-state index contributed by atoms with van der Waals surface area (Å²) in [6.45, 7) is 0.741. The molecule has 1 fully saturated rings. The van der Waals surface area contributed by atoms with Crippen molar-refractivity contribution in [2.45, 2.75) is 17.4 Å². The first-order chi connectivity index (χ1) is 8.29. The Balaban J connectivity index is 2.29. The quantitative estimate of drug-likeness (QED) is 0.712. The van der Waals surface area contributed by atoms with E-state index in [1.165, 1.54) is 21.7 Å². The number of sulfonamides is 1. The second-order valence-electron chi connectivity index (χ2n) is 4.41. The van der Waals surface area contributed by atoms with Crippen LogP contribution in [0.4, 0.5) is 0 Å². The van der Waals surface area contributed by atoms with E-state index in [1.54, 1.807) is 7.05 Å². The Kier molecular flexibility index (Phi) is 3.18. The predicted octanol–water partition coefficient (Wildman–Crippen LogP) is -1.12. The van der Waals surface area contributed by atoms with Gasteiger partial charge >= 0.3 is 0 Å². The summed E-state index contributed by atoms with van der Waals surface area (Å²) in [4.78, 5) is 13.5. The van der Waals surface area contributed by atoms with Gasteiger partial charge in [-0.1, -0.05) is 0 Å². The van der Waals surface area contributed by atoms with Crippen molar-refractivity contribution in [3.63, 3.8) is 0 Å². The number of likely N-dealkylation sites (tertiary alicyclic amines) is 1. The van der Waals surface area contributed by atoms with E-state index in [0.29, 0.717) is 13.0 Å². The van der Waals surface area contributed by atoms with Gasteiger partial charge in [0.25, 0.3) is 5.91 Å². The molecule has 1 aromatic heterocycles. The molecule has 7 nitrogen and oxygen atoms in total. The number of primary sulfonamides is 1. The van der Waals surface area contributed by atoms with E-state index < -0.39 is 16.1 Å². The lowest BCUT2D eigenvalue weighted by Crippen LogP contribution is -2.30. The molecule has 1 atom stereocenters. The lowest BCUT2D eigenvalue weighted by Gasteiger charge is -2.15. The van der Waals surface area contributed by atoms with Crippen LogP contribution < -0.4 is 5.14 Å². The Morgan fingerprint density at radius 2 is 2.22 bits per heavy atom. The Labute approximate surface area is 105 Å². The molecule has 8 heteroatoms. The van der Waals surface area contributed by atoms with Crippen molar-refractivity contribution in [1.82, 2.24) is 9.47 Å². The molecule has 0 unspecified atom stereocenters. The number of carbonyl (C=O) groups excluding carboxylic acids is 1. The van der Waals surface area contributed by atoms with E-state index in [-0.39, 0.29) is 23.0 Å². The van der Waals surface area contributed by atoms with Crippen molar-refractivity contribution in [3.05, 3.63) is 18.0 Å². The number of carbonyl (C=O) groups is 1. The molecule has 100 valence electrons. The summed E-state index contributed by atoms with van der Waals surface area (Å²) < 4.78 is 23.8. The molecule has 1 aliphatic heterocycles. The molecule has 0 saturated carbocycles. The van der Waals surface area contributed by atoms with Crippen LogP contribution in [0.2, 0.25) is 0 Å². The highest BCUT2D eigenvalue weighted by molar-refractivity contribution is 7.89. The summed E-state index contributed by atoms with van der Waals surface area (Å²) in [7, 11) is -2.24. The zero-order valence-electron chi connectivity index (χ0n) is 9.91. The number of β-amino-alcohol motifs (C(OH)–C–C–N with tert-alkyl or cyclic N) is 1. The summed E-state index contributed by atoms with van der Waals surface area (Å²) in [6, 6.07) is 1.25. The predicted molar refractivity (Wildman–Crippen MR) is 63.3 cm³/mol. The van der Waals surface area contributed by atoms with Crippen LogP contribution in [0.25, 0.3) is 0 Å². The number of aryl methyl sites for hydroxylation is 1. The van der Waals surface area contributed by atoms with Gasteiger partial charge < -0.3 is 14.6 Å². The lowest BCUT2D eigenvalue weighted by atomic mass is 10.3. The minimum Gasteiger partial charge on any atom is -0.391 e. The van der Waals surface area contributed by atoms with Gasteiger partial charge in [0.15, 0.2) is 0 Å². The molecular weight excluding hydrogens is 258 g/mol. The molecule has 2 rings (SSSR count). The van der Waals surface area contributed by atoms with Crippen LogP contribution in [0.1, 0.15) is 16.9 Å². The number of hydrogen-bond acceptors (Lipinski definition) is 4. The smallest absolute Gasteiger partial charge is 0.270 e. The van der Waals surface area contributed by atoms with Gasteiger partial charge in [-0.15, -0.1) is 0 Å². The molecule has 2 heterocycles. The maximum absolute atomic E-state index is 12.1. The molecular formula is C10H15N3O4S. The molecule has 1 aromatic rings. The van der Waals surface area contributed by atoms with Gasteiger partial charge in [-0.3, -0.25) is 4.79 Å². The fourth-order valence-electron chi connectivity index (χ4n) is 1.99. The minimum absolute atomic E-state index is 0.0897. The van der Waals surface area contributed by atoms with Crippen molar-refractivity contribution >= 4 is 15.9 Å². The number of rotatable bonds is 2. The summed E-state index contributed by atoms with van der Waals surface area (Å²) >= 11 is 0. The highest BCUT2D eigenvalue weighted by Gasteiger charge is 2.27. The van der Waals surface area contributed by atoms with Gasteiger partial charge in [-0.05, 0) is 12.5 Å². The summed E-state index contributed by atoms with van der Waals surface area (Å²) in [5.74, 6) is -0.302. The molecule has 0 radical (unpaired) electrons. The minimum atomic E-state index is -3.81. The summed E-state index contributed by atoms with van der Waals surface area (Å²) in [5.41, 5.74) is 0.244. The number of amides is 1. The molecule has 18 heavy (non-hydrogen) atoms. The van der Waals surface area contributed by atoms with Crippen LogP contribution in [-0.2, 0) is 17.1 Å². The van der Waals surface area contributed by atoms with Crippen molar-refractivity contribution in [2.75, 3.05) is 13.1 Å². The third-order valence-electron chi connectivity index (χ3n) is 2.98. The van der Waals surface area contributed by atoms with Gasteiger partial charge in [0.05, 0.1) is 6.10 Å². The van der Waals surface area contributed by atoms with E-state index in [0.717, 1.165) is 0 Å². The first-order valence-electron chi connectivity index (χ1n) is 5.45. The number of aliphatic hydroxyl groups is 1. The van der Waals surface area contributed by atoms with Crippen molar-refractivity contribution in [3.8, 4) is 0 Å². The highest BCUT2D eigenvalue weighted by atomic mass is 32.2. The van der Waals surface area contributed by atoms with Crippen LogP contribution in [0, 0.1) is 0 Å². The maximum Gasteiger partial charge on any atom is 0.270 e. The standard InChI is InChI=1S/C10H15N3O4S/c1-12-6-8(18(11,16)17)4-9(12)10(15)13-3-2-7(14)5-13/h4,6-7,14H,2-3,5H2,1H3,(H2,11,16,17)/t7-/m1/s1. The third kappa shape index (κ3) is 2.40.